The Labute approximate surface area is 208 Å². The van der Waals surface area contributed by atoms with E-state index < -0.39 is 17.7 Å². The van der Waals surface area contributed by atoms with Gasteiger partial charge in [-0.1, -0.05) is 35.3 Å². The van der Waals surface area contributed by atoms with Gasteiger partial charge in [-0.3, -0.25) is 4.98 Å². The molecule has 0 saturated carbocycles. The van der Waals surface area contributed by atoms with E-state index in [1.807, 2.05) is 56.5 Å². The van der Waals surface area contributed by atoms with Crippen LogP contribution in [0.4, 0.5) is 0 Å². The fourth-order valence-corrected chi connectivity index (χ4v) is 4.33. The molecule has 0 spiro atoms. The van der Waals surface area contributed by atoms with Crippen molar-refractivity contribution >= 4 is 34.8 Å². The van der Waals surface area contributed by atoms with E-state index in [-0.39, 0.29) is 0 Å². The van der Waals surface area contributed by atoms with Gasteiger partial charge in [-0.25, -0.2) is 9.78 Å². The summed E-state index contributed by atoms with van der Waals surface area (Å²) in [5.74, 6) is -1.08. The number of rotatable bonds is 5. The molecule has 4 aromatic rings. The fourth-order valence-electron chi connectivity index (χ4n) is 4.04. The predicted octanol–water partition coefficient (Wildman–Crippen LogP) is 6.93. The maximum atomic E-state index is 12.4. The molecule has 0 saturated heterocycles. The Bertz CT molecular complexity index is 1390. The second-order valence-electron chi connectivity index (χ2n) is 9.15. The van der Waals surface area contributed by atoms with E-state index in [0.717, 1.165) is 22.3 Å². The maximum Gasteiger partial charge on any atom is 0.337 e. The third-order valence-corrected chi connectivity index (χ3v) is 5.89. The Hall–Kier alpha value is -2.93. The summed E-state index contributed by atoms with van der Waals surface area (Å²) in [5, 5.41) is 11.3. The largest absolute Gasteiger partial charge is 0.479 e. The number of aliphatic carboxylic acids is 1. The van der Waals surface area contributed by atoms with Gasteiger partial charge in [-0.05, 0) is 75.6 Å². The Morgan fingerprint density at radius 2 is 1.65 bits per heavy atom. The number of pyridine rings is 2. The number of carboxylic acids is 1. The minimum absolute atomic E-state index is 0.512. The Kier molecular flexibility index (Phi) is 6.42. The lowest BCUT2D eigenvalue weighted by Gasteiger charge is -2.28. The molecule has 1 N–H and O–H groups in total. The summed E-state index contributed by atoms with van der Waals surface area (Å²) in [6, 6.07) is 10.9. The number of halogens is 2. The van der Waals surface area contributed by atoms with Crippen molar-refractivity contribution < 1.29 is 14.6 Å². The quantitative estimate of drug-likeness (QED) is 0.323. The van der Waals surface area contributed by atoms with Crippen LogP contribution in [-0.4, -0.2) is 31.0 Å². The predicted molar refractivity (Wildman–Crippen MR) is 135 cm³/mol. The minimum atomic E-state index is -1.20. The van der Waals surface area contributed by atoms with Crippen LogP contribution in [0, 0.1) is 13.8 Å². The molecule has 0 bridgehead atoms. The van der Waals surface area contributed by atoms with Crippen molar-refractivity contribution in [3.63, 3.8) is 0 Å². The molecule has 0 radical (unpaired) electrons. The summed E-state index contributed by atoms with van der Waals surface area (Å²) in [5.41, 5.74) is 4.79. The van der Waals surface area contributed by atoms with Gasteiger partial charge in [-0.15, -0.1) is 0 Å². The molecule has 0 aliphatic rings. The molecule has 0 unspecified atom stereocenters. The zero-order chi connectivity index (χ0) is 24.8. The molecule has 0 amide bonds. The first-order valence-electron chi connectivity index (χ1n) is 10.8. The highest BCUT2D eigenvalue weighted by molar-refractivity contribution is 6.30. The molecule has 1 atom stereocenters. The summed E-state index contributed by atoms with van der Waals surface area (Å²) in [7, 11) is 0. The van der Waals surface area contributed by atoms with E-state index in [1.165, 1.54) is 0 Å². The molecule has 8 heteroatoms. The van der Waals surface area contributed by atoms with Gasteiger partial charge in [0.05, 0.1) is 16.3 Å². The number of carboxylic acid groups (broad SMARTS) is 1. The lowest BCUT2D eigenvalue weighted by Crippen LogP contribution is -2.28. The smallest absolute Gasteiger partial charge is 0.337 e. The molecule has 0 aliphatic carbocycles. The van der Waals surface area contributed by atoms with E-state index in [0.29, 0.717) is 32.7 Å². The van der Waals surface area contributed by atoms with Crippen LogP contribution < -0.4 is 0 Å². The van der Waals surface area contributed by atoms with Crippen molar-refractivity contribution in [2.75, 3.05) is 0 Å². The summed E-state index contributed by atoms with van der Waals surface area (Å²) < 4.78 is 7.85. The minimum Gasteiger partial charge on any atom is -0.479 e. The molecule has 4 rings (SSSR count). The first-order valence-corrected chi connectivity index (χ1v) is 11.5. The van der Waals surface area contributed by atoms with Gasteiger partial charge in [0.15, 0.2) is 6.10 Å². The number of ether oxygens (including phenoxy) is 1. The van der Waals surface area contributed by atoms with Crippen LogP contribution in [0.25, 0.3) is 28.2 Å². The Morgan fingerprint density at radius 3 is 2.26 bits per heavy atom. The number of hydrogen-bond acceptors (Lipinski definition) is 4. The van der Waals surface area contributed by atoms with Gasteiger partial charge < -0.3 is 14.2 Å². The molecule has 0 fully saturated rings. The first-order chi connectivity index (χ1) is 15.9. The van der Waals surface area contributed by atoms with Crippen molar-refractivity contribution in [2.24, 2.45) is 0 Å². The van der Waals surface area contributed by atoms with Crippen LogP contribution in [0.5, 0.6) is 0 Å². The zero-order valence-electron chi connectivity index (χ0n) is 19.6. The molecular weight excluding hydrogens is 473 g/mol. The van der Waals surface area contributed by atoms with Crippen LogP contribution in [0.15, 0.2) is 48.8 Å². The van der Waals surface area contributed by atoms with Crippen molar-refractivity contribution in [1.29, 1.82) is 0 Å². The number of carbonyl (C=O) groups is 1. The average Bonchev–Trinajstić information content (AvgIpc) is 3.16. The third-order valence-electron chi connectivity index (χ3n) is 5.42. The standard InChI is InChI=1S/C26H25Cl2N3O3/c1-14-21(16-6-8-17(27)9-7-16)22(24(25(32)33)34-26(3,4)5)15(2)29-23(14)19-13-31-12-18(28)10-11-20(31)30-19/h6-13,24H,1-5H3,(H,32,33)/t24-/m0/s1. The number of nitrogens with zero attached hydrogens (tertiary/aromatic N) is 3. The molecular formula is C26H25Cl2N3O3. The van der Waals surface area contributed by atoms with Gasteiger partial charge in [0.25, 0.3) is 0 Å². The van der Waals surface area contributed by atoms with E-state index >= 15 is 0 Å². The second kappa shape index (κ2) is 9.02. The molecule has 34 heavy (non-hydrogen) atoms. The Morgan fingerprint density at radius 1 is 1.00 bits per heavy atom. The SMILES string of the molecule is Cc1nc(-c2cn3cc(Cl)ccc3n2)c(C)c(-c2ccc(Cl)cc2)c1[C@H](OC(C)(C)C)C(=O)O. The summed E-state index contributed by atoms with van der Waals surface area (Å²) in [6.07, 6.45) is 2.44. The van der Waals surface area contributed by atoms with Crippen LogP contribution in [0.2, 0.25) is 10.0 Å². The van der Waals surface area contributed by atoms with Crippen LogP contribution in [0.1, 0.15) is 43.7 Å². The zero-order valence-corrected chi connectivity index (χ0v) is 21.1. The summed E-state index contributed by atoms with van der Waals surface area (Å²) in [4.78, 5) is 21.9. The highest BCUT2D eigenvalue weighted by Crippen LogP contribution is 2.40. The van der Waals surface area contributed by atoms with Gasteiger partial charge in [0, 0.05) is 28.7 Å². The van der Waals surface area contributed by atoms with Crippen LogP contribution >= 0.6 is 23.2 Å². The van der Waals surface area contributed by atoms with Crippen LogP contribution in [0.3, 0.4) is 0 Å². The molecule has 3 heterocycles. The fraction of sp³-hybridized carbons (Fsp3) is 0.269. The van der Waals surface area contributed by atoms with E-state index in [9.17, 15) is 9.90 Å². The number of fused-ring (bicyclic) bond motifs is 1. The average molecular weight is 498 g/mol. The monoisotopic (exact) mass is 497 g/mol. The lowest BCUT2D eigenvalue weighted by atomic mass is 9.89. The van der Waals surface area contributed by atoms with Gasteiger partial charge in [0.1, 0.15) is 11.3 Å². The van der Waals surface area contributed by atoms with Gasteiger partial charge in [-0.2, -0.15) is 0 Å². The van der Waals surface area contributed by atoms with Gasteiger partial charge in [0.2, 0.25) is 0 Å². The lowest BCUT2D eigenvalue weighted by molar-refractivity contribution is -0.160. The van der Waals surface area contributed by atoms with Gasteiger partial charge >= 0.3 is 5.97 Å². The van der Waals surface area contributed by atoms with Crippen molar-refractivity contribution in [3.05, 3.63) is 75.7 Å². The van der Waals surface area contributed by atoms with Crippen molar-refractivity contribution in [2.45, 2.75) is 46.3 Å². The second-order valence-corrected chi connectivity index (χ2v) is 10.0. The molecule has 1 aromatic carbocycles. The number of aromatic nitrogens is 3. The highest BCUT2D eigenvalue weighted by atomic mass is 35.5. The normalized spacial score (nSPS) is 12.8. The van der Waals surface area contributed by atoms with E-state index in [2.05, 4.69) is 0 Å². The third kappa shape index (κ3) is 4.80. The number of imidazole rings is 1. The number of benzene rings is 1. The summed E-state index contributed by atoms with van der Waals surface area (Å²) >= 11 is 12.3. The van der Waals surface area contributed by atoms with Crippen LogP contribution in [-0.2, 0) is 9.53 Å². The number of aryl methyl sites for hydroxylation is 1. The van der Waals surface area contributed by atoms with E-state index in [4.69, 9.17) is 37.9 Å². The van der Waals surface area contributed by atoms with Crippen molar-refractivity contribution in [1.82, 2.24) is 14.4 Å². The Balaban J connectivity index is 2.01. The summed E-state index contributed by atoms with van der Waals surface area (Å²) in [6.45, 7) is 9.21. The highest BCUT2D eigenvalue weighted by Gasteiger charge is 2.33. The molecule has 0 aliphatic heterocycles. The topological polar surface area (TPSA) is 76.7 Å². The number of hydrogen-bond donors (Lipinski definition) is 1. The maximum absolute atomic E-state index is 12.4. The molecule has 6 nitrogen and oxygen atoms in total. The molecule has 176 valence electrons. The first kappa shape index (κ1) is 24.2. The van der Waals surface area contributed by atoms with E-state index in [1.54, 1.807) is 31.3 Å². The molecule has 3 aromatic heterocycles. The van der Waals surface area contributed by atoms with Crippen molar-refractivity contribution in [3.8, 4) is 22.5 Å².